The molecule has 1 aromatic rings. The maximum absolute atomic E-state index is 11.5. The van der Waals surface area contributed by atoms with Gasteiger partial charge >= 0.3 is 0 Å². The van der Waals surface area contributed by atoms with Gasteiger partial charge in [0.05, 0.1) is 12.1 Å². The Bertz CT molecular complexity index is 446. The van der Waals surface area contributed by atoms with Crippen molar-refractivity contribution in [1.82, 2.24) is 5.32 Å². The minimum atomic E-state index is -0.721. The molecule has 0 aliphatic heterocycles. The fraction of sp³-hybridized carbons (Fsp3) is 0.562. The molecule has 20 heavy (non-hydrogen) atoms. The van der Waals surface area contributed by atoms with Gasteiger partial charge in [0.2, 0.25) is 5.91 Å². The van der Waals surface area contributed by atoms with Crippen LogP contribution in [0.1, 0.15) is 45.6 Å². The quantitative estimate of drug-likeness (QED) is 0.767. The van der Waals surface area contributed by atoms with Crippen LogP contribution < -0.4 is 15.8 Å². The highest BCUT2D eigenvalue weighted by atomic mass is 16.5. The fourth-order valence-corrected chi connectivity index (χ4v) is 2.14. The van der Waals surface area contributed by atoms with Crippen molar-refractivity contribution in [3.05, 3.63) is 29.8 Å². The van der Waals surface area contributed by atoms with E-state index in [1.54, 1.807) is 0 Å². The summed E-state index contributed by atoms with van der Waals surface area (Å²) in [7, 11) is 0. The maximum Gasteiger partial charge on any atom is 0.237 e. The second-order valence-corrected chi connectivity index (χ2v) is 5.52. The van der Waals surface area contributed by atoms with Crippen molar-refractivity contribution >= 4 is 5.91 Å². The first-order valence-electron chi connectivity index (χ1n) is 7.17. The molecule has 1 atom stereocenters. The fourth-order valence-electron chi connectivity index (χ4n) is 2.14. The zero-order valence-electron chi connectivity index (χ0n) is 12.9. The van der Waals surface area contributed by atoms with Gasteiger partial charge in [-0.1, -0.05) is 39.0 Å². The second-order valence-electron chi connectivity index (χ2n) is 5.52. The molecule has 0 heterocycles. The van der Waals surface area contributed by atoms with Gasteiger partial charge in [0, 0.05) is 6.42 Å². The van der Waals surface area contributed by atoms with Crippen LogP contribution in [0, 0.1) is 0 Å². The van der Waals surface area contributed by atoms with E-state index in [1.807, 2.05) is 32.0 Å². The molecule has 112 valence electrons. The molecule has 0 fully saturated rings. The molecule has 0 aromatic heterocycles. The Morgan fingerprint density at radius 2 is 2.05 bits per heavy atom. The molecule has 1 amide bonds. The summed E-state index contributed by atoms with van der Waals surface area (Å²) in [6.45, 7) is 9.19. The molecule has 0 bridgehead atoms. The summed E-state index contributed by atoms with van der Waals surface area (Å²) < 4.78 is 5.84. The monoisotopic (exact) mass is 278 g/mol. The molecule has 0 saturated carbocycles. The van der Waals surface area contributed by atoms with Crippen LogP contribution in [0.15, 0.2) is 24.3 Å². The number of rotatable bonds is 8. The molecular weight excluding hydrogens is 252 g/mol. The number of para-hydroxylation sites is 1. The van der Waals surface area contributed by atoms with E-state index >= 15 is 0 Å². The second kappa shape index (κ2) is 7.29. The SMILES string of the molecule is CCNC(C)(CCOc1ccccc1C(C)C)C(N)=O. The summed E-state index contributed by atoms with van der Waals surface area (Å²) in [5.41, 5.74) is 5.91. The lowest BCUT2D eigenvalue weighted by molar-refractivity contribution is -0.124. The van der Waals surface area contributed by atoms with Crippen LogP contribution in [-0.4, -0.2) is 24.6 Å². The van der Waals surface area contributed by atoms with Crippen molar-refractivity contribution in [3.63, 3.8) is 0 Å². The molecule has 0 saturated heterocycles. The molecule has 0 aliphatic carbocycles. The van der Waals surface area contributed by atoms with E-state index in [-0.39, 0.29) is 5.91 Å². The molecule has 1 aromatic carbocycles. The number of benzene rings is 1. The molecular formula is C16H26N2O2. The molecule has 0 radical (unpaired) electrons. The van der Waals surface area contributed by atoms with E-state index < -0.39 is 5.54 Å². The van der Waals surface area contributed by atoms with Crippen molar-refractivity contribution in [1.29, 1.82) is 0 Å². The molecule has 4 heteroatoms. The zero-order chi connectivity index (χ0) is 15.2. The highest BCUT2D eigenvalue weighted by molar-refractivity contribution is 5.84. The van der Waals surface area contributed by atoms with Crippen LogP contribution in [0.25, 0.3) is 0 Å². The number of nitrogens with two attached hydrogens (primary N) is 1. The van der Waals surface area contributed by atoms with E-state index in [0.717, 1.165) is 5.75 Å². The van der Waals surface area contributed by atoms with Crippen molar-refractivity contribution in [2.75, 3.05) is 13.2 Å². The molecule has 0 aliphatic rings. The summed E-state index contributed by atoms with van der Waals surface area (Å²) >= 11 is 0. The van der Waals surface area contributed by atoms with E-state index in [4.69, 9.17) is 10.5 Å². The summed E-state index contributed by atoms with van der Waals surface area (Å²) in [5.74, 6) is 0.938. The third-order valence-corrected chi connectivity index (χ3v) is 3.51. The number of hydrogen-bond acceptors (Lipinski definition) is 3. The van der Waals surface area contributed by atoms with Crippen molar-refractivity contribution in [3.8, 4) is 5.75 Å². The van der Waals surface area contributed by atoms with E-state index in [0.29, 0.717) is 25.5 Å². The van der Waals surface area contributed by atoms with Crippen molar-refractivity contribution in [2.24, 2.45) is 5.73 Å². The van der Waals surface area contributed by atoms with Gasteiger partial charge in [-0.2, -0.15) is 0 Å². The van der Waals surface area contributed by atoms with Crippen LogP contribution >= 0.6 is 0 Å². The van der Waals surface area contributed by atoms with E-state index in [9.17, 15) is 4.79 Å². The molecule has 4 nitrogen and oxygen atoms in total. The van der Waals surface area contributed by atoms with Gasteiger partial charge in [0.25, 0.3) is 0 Å². The standard InChI is InChI=1S/C16H26N2O2/c1-5-18-16(4,15(17)19)10-11-20-14-9-7-6-8-13(14)12(2)3/h6-9,12,18H,5,10-11H2,1-4H3,(H2,17,19). The van der Waals surface area contributed by atoms with E-state index in [1.165, 1.54) is 5.56 Å². The number of hydrogen-bond donors (Lipinski definition) is 2. The van der Waals surface area contributed by atoms with Crippen LogP contribution in [0.4, 0.5) is 0 Å². The average molecular weight is 278 g/mol. The Labute approximate surface area is 121 Å². The highest BCUT2D eigenvalue weighted by Gasteiger charge is 2.29. The van der Waals surface area contributed by atoms with Gasteiger partial charge in [-0.25, -0.2) is 0 Å². The van der Waals surface area contributed by atoms with Crippen LogP contribution in [-0.2, 0) is 4.79 Å². The third-order valence-electron chi connectivity index (χ3n) is 3.51. The number of carbonyl (C=O) groups is 1. The number of primary amides is 1. The first kappa shape index (κ1) is 16.5. The molecule has 0 spiro atoms. The first-order valence-corrected chi connectivity index (χ1v) is 7.17. The Morgan fingerprint density at radius 3 is 2.60 bits per heavy atom. The Morgan fingerprint density at radius 1 is 1.40 bits per heavy atom. The van der Waals surface area contributed by atoms with Gasteiger partial charge < -0.3 is 15.8 Å². The number of carbonyl (C=O) groups excluding carboxylic acids is 1. The maximum atomic E-state index is 11.5. The molecule has 1 rings (SSSR count). The predicted molar refractivity (Wildman–Crippen MR) is 81.9 cm³/mol. The van der Waals surface area contributed by atoms with Gasteiger partial charge in [-0.05, 0) is 31.0 Å². The van der Waals surface area contributed by atoms with Gasteiger partial charge in [-0.3, -0.25) is 4.79 Å². The summed E-state index contributed by atoms with van der Waals surface area (Å²) in [6.07, 6.45) is 0.544. The van der Waals surface area contributed by atoms with Crippen LogP contribution in [0.2, 0.25) is 0 Å². The van der Waals surface area contributed by atoms with Crippen LogP contribution in [0.5, 0.6) is 5.75 Å². The number of nitrogens with one attached hydrogen (secondary N) is 1. The lowest BCUT2D eigenvalue weighted by Gasteiger charge is -2.27. The molecule has 3 N–H and O–H groups in total. The van der Waals surface area contributed by atoms with E-state index in [2.05, 4.69) is 25.2 Å². The minimum absolute atomic E-state index is 0.347. The summed E-state index contributed by atoms with van der Waals surface area (Å²) in [6, 6.07) is 7.99. The predicted octanol–water partition coefficient (Wildman–Crippen LogP) is 2.43. The summed E-state index contributed by atoms with van der Waals surface area (Å²) in [4.78, 5) is 11.5. The minimum Gasteiger partial charge on any atom is -0.493 e. The largest absolute Gasteiger partial charge is 0.493 e. The summed E-state index contributed by atoms with van der Waals surface area (Å²) in [5, 5.41) is 3.13. The van der Waals surface area contributed by atoms with Crippen molar-refractivity contribution < 1.29 is 9.53 Å². The third kappa shape index (κ3) is 4.23. The highest BCUT2D eigenvalue weighted by Crippen LogP contribution is 2.26. The molecule has 1 unspecified atom stereocenters. The topological polar surface area (TPSA) is 64.3 Å². The zero-order valence-corrected chi connectivity index (χ0v) is 12.9. The smallest absolute Gasteiger partial charge is 0.237 e. The Kier molecular flexibility index (Phi) is 6.02. The lowest BCUT2D eigenvalue weighted by atomic mass is 9.97. The Balaban J connectivity index is 2.66. The number of ether oxygens (including phenoxy) is 1. The number of likely N-dealkylation sites (N-methyl/N-ethyl adjacent to an activating group) is 1. The lowest BCUT2D eigenvalue weighted by Crippen LogP contribution is -2.53. The Hall–Kier alpha value is -1.55. The average Bonchev–Trinajstić information content (AvgIpc) is 2.39. The first-order chi connectivity index (χ1) is 9.40. The van der Waals surface area contributed by atoms with Crippen molar-refractivity contribution in [2.45, 2.75) is 45.6 Å². The van der Waals surface area contributed by atoms with Gasteiger partial charge in [-0.15, -0.1) is 0 Å². The number of amides is 1. The van der Waals surface area contributed by atoms with Crippen LogP contribution in [0.3, 0.4) is 0 Å². The van der Waals surface area contributed by atoms with Gasteiger partial charge in [0.15, 0.2) is 0 Å². The normalized spacial score (nSPS) is 14.1. The van der Waals surface area contributed by atoms with Gasteiger partial charge in [0.1, 0.15) is 5.75 Å².